The highest BCUT2D eigenvalue weighted by Gasteiger charge is 2.26. The fourth-order valence-electron chi connectivity index (χ4n) is 4.53. The molecule has 0 saturated heterocycles. The minimum Gasteiger partial charge on any atom is -0.365 e. The quantitative estimate of drug-likeness (QED) is 0.221. The second-order valence-corrected chi connectivity index (χ2v) is 9.33. The van der Waals surface area contributed by atoms with Gasteiger partial charge < -0.3 is 16.0 Å². The number of amides is 1. The zero-order valence-corrected chi connectivity index (χ0v) is 21.0. The topological polar surface area (TPSA) is 91.3 Å². The molecule has 0 spiro atoms. The average molecular weight is 473 g/mol. The smallest absolute Gasteiger partial charge is 0.289 e. The second kappa shape index (κ2) is 11.8. The van der Waals surface area contributed by atoms with Crippen molar-refractivity contribution in [2.45, 2.75) is 71.4 Å². The largest absolute Gasteiger partial charge is 0.365 e. The number of carbonyl (C=O) groups excluding carboxylic acids is 1. The summed E-state index contributed by atoms with van der Waals surface area (Å²) in [5.74, 6) is 1.58. The van der Waals surface area contributed by atoms with Crippen molar-refractivity contribution in [2.75, 3.05) is 17.2 Å². The van der Waals surface area contributed by atoms with E-state index in [-0.39, 0.29) is 23.8 Å². The van der Waals surface area contributed by atoms with E-state index in [4.69, 9.17) is 9.98 Å². The van der Waals surface area contributed by atoms with Crippen molar-refractivity contribution in [3.8, 4) is 0 Å². The Morgan fingerprint density at radius 3 is 2.69 bits per heavy atom. The average Bonchev–Trinajstić information content (AvgIpc) is 2.86. The molecule has 1 amide bonds. The Kier molecular flexibility index (Phi) is 8.29. The molecule has 0 bridgehead atoms. The third kappa shape index (κ3) is 6.56. The molecule has 0 unspecified atom stereocenters. The van der Waals surface area contributed by atoms with Gasteiger partial charge in [0.25, 0.3) is 5.91 Å². The van der Waals surface area contributed by atoms with Crippen molar-refractivity contribution in [2.24, 2.45) is 4.99 Å². The summed E-state index contributed by atoms with van der Waals surface area (Å²) in [6, 6.07) is 16.4. The standard InChI is InChI=1S/C28H36N6O/c1-4-5-17-29-28(35)27-32-23-16-15-19(2)18-22(23)26(34-27)33-25-14-10-9-13-24(25)31-20(3)30-21-11-7-6-8-12-21/h6-8,11-12,15-16,18,24-25H,4-5,9-10,13-14,17H2,1-3H3,(H,29,35)(H,30,31)(H,32,33,34)/t24-,25+/m1/s1. The zero-order valence-electron chi connectivity index (χ0n) is 21.0. The molecule has 1 saturated carbocycles. The molecule has 0 aliphatic heterocycles. The third-order valence-corrected chi connectivity index (χ3v) is 6.38. The molecule has 1 aliphatic rings. The maximum atomic E-state index is 12.8. The number of aliphatic imine (C=N–C) groups is 1. The van der Waals surface area contributed by atoms with E-state index in [2.05, 4.69) is 40.8 Å². The maximum Gasteiger partial charge on any atom is 0.289 e. The minimum atomic E-state index is -0.231. The second-order valence-electron chi connectivity index (χ2n) is 9.33. The van der Waals surface area contributed by atoms with Gasteiger partial charge >= 0.3 is 0 Å². The molecule has 1 aliphatic carbocycles. The molecule has 7 nitrogen and oxygen atoms in total. The molecule has 2 aromatic carbocycles. The zero-order chi connectivity index (χ0) is 24.6. The lowest BCUT2D eigenvalue weighted by Crippen LogP contribution is -2.37. The number of rotatable bonds is 8. The van der Waals surface area contributed by atoms with E-state index in [0.717, 1.165) is 66.5 Å². The SMILES string of the molecule is CCCCNC(=O)c1nc(N[C@H]2CCCC[C@H]2N=C(C)Nc2ccccc2)c2cc(C)ccc2n1. The number of amidine groups is 1. The van der Waals surface area contributed by atoms with E-state index in [1.165, 1.54) is 0 Å². The Morgan fingerprint density at radius 1 is 1.09 bits per heavy atom. The number of hydrogen-bond donors (Lipinski definition) is 3. The number of hydrogen-bond acceptors (Lipinski definition) is 5. The summed E-state index contributed by atoms with van der Waals surface area (Å²) in [6.45, 7) is 6.80. The van der Waals surface area contributed by atoms with E-state index >= 15 is 0 Å². The first-order valence-corrected chi connectivity index (χ1v) is 12.7. The van der Waals surface area contributed by atoms with Gasteiger partial charge in [0, 0.05) is 23.7 Å². The fourth-order valence-corrected chi connectivity index (χ4v) is 4.53. The van der Waals surface area contributed by atoms with Crippen LogP contribution in [-0.4, -0.2) is 40.3 Å². The number of nitrogens with one attached hydrogen (secondary N) is 3. The van der Waals surface area contributed by atoms with Crippen LogP contribution in [0.5, 0.6) is 0 Å². The van der Waals surface area contributed by atoms with Gasteiger partial charge in [0.1, 0.15) is 5.82 Å². The van der Waals surface area contributed by atoms with Gasteiger partial charge in [0.15, 0.2) is 0 Å². The van der Waals surface area contributed by atoms with Crippen LogP contribution in [0.2, 0.25) is 0 Å². The summed E-state index contributed by atoms with van der Waals surface area (Å²) in [4.78, 5) is 27.1. The highest BCUT2D eigenvalue weighted by molar-refractivity contribution is 5.97. The van der Waals surface area contributed by atoms with E-state index in [1.807, 2.05) is 49.4 Å². The lowest BCUT2D eigenvalue weighted by molar-refractivity contribution is 0.0943. The molecule has 1 heterocycles. The third-order valence-electron chi connectivity index (χ3n) is 6.38. The van der Waals surface area contributed by atoms with E-state index in [1.54, 1.807) is 0 Å². The van der Waals surface area contributed by atoms with Crippen molar-refractivity contribution >= 4 is 34.2 Å². The van der Waals surface area contributed by atoms with Crippen LogP contribution in [0.3, 0.4) is 0 Å². The summed E-state index contributed by atoms with van der Waals surface area (Å²) >= 11 is 0. The summed E-state index contributed by atoms with van der Waals surface area (Å²) in [5.41, 5.74) is 2.93. The summed E-state index contributed by atoms with van der Waals surface area (Å²) in [7, 11) is 0. The van der Waals surface area contributed by atoms with Gasteiger partial charge in [-0.3, -0.25) is 9.79 Å². The predicted molar refractivity (Wildman–Crippen MR) is 144 cm³/mol. The summed E-state index contributed by atoms with van der Waals surface area (Å²) in [6.07, 6.45) is 6.26. The van der Waals surface area contributed by atoms with Crippen molar-refractivity contribution in [3.05, 3.63) is 59.9 Å². The van der Waals surface area contributed by atoms with Crippen LogP contribution < -0.4 is 16.0 Å². The normalized spacial score (nSPS) is 18.3. The summed E-state index contributed by atoms with van der Waals surface area (Å²) < 4.78 is 0. The summed E-state index contributed by atoms with van der Waals surface area (Å²) in [5, 5.41) is 10.9. The highest BCUT2D eigenvalue weighted by Crippen LogP contribution is 2.28. The van der Waals surface area contributed by atoms with Gasteiger partial charge in [-0.25, -0.2) is 9.97 Å². The first kappa shape index (κ1) is 24.6. The number of fused-ring (bicyclic) bond motifs is 1. The molecular weight excluding hydrogens is 436 g/mol. The molecule has 35 heavy (non-hydrogen) atoms. The van der Waals surface area contributed by atoms with E-state index in [0.29, 0.717) is 12.4 Å². The predicted octanol–water partition coefficient (Wildman–Crippen LogP) is 5.72. The van der Waals surface area contributed by atoms with Crippen LogP contribution in [0.25, 0.3) is 10.9 Å². The van der Waals surface area contributed by atoms with Crippen molar-refractivity contribution < 1.29 is 4.79 Å². The van der Waals surface area contributed by atoms with Gasteiger partial charge in [-0.05, 0) is 57.4 Å². The number of aryl methyl sites for hydroxylation is 1. The Hall–Kier alpha value is -3.48. The van der Waals surface area contributed by atoms with Crippen molar-refractivity contribution in [1.82, 2.24) is 15.3 Å². The lowest BCUT2D eigenvalue weighted by Gasteiger charge is -2.31. The Bertz CT molecular complexity index is 1180. The number of para-hydroxylation sites is 1. The van der Waals surface area contributed by atoms with E-state index < -0.39 is 0 Å². The van der Waals surface area contributed by atoms with Gasteiger partial charge in [0.2, 0.25) is 5.82 Å². The number of aromatic nitrogens is 2. The van der Waals surface area contributed by atoms with Gasteiger partial charge in [-0.2, -0.15) is 0 Å². The maximum absolute atomic E-state index is 12.8. The Labute approximate surface area is 207 Å². The first-order valence-electron chi connectivity index (χ1n) is 12.7. The van der Waals surface area contributed by atoms with Gasteiger partial charge in [0.05, 0.1) is 17.4 Å². The molecule has 2 atom stereocenters. The number of unbranched alkanes of at least 4 members (excludes halogenated alkanes) is 1. The minimum absolute atomic E-state index is 0.122. The Morgan fingerprint density at radius 2 is 1.89 bits per heavy atom. The van der Waals surface area contributed by atoms with E-state index in [9.17, 15) is 4.79 Å². The highest BCUT2D eigenvalue weighted by atomic mass is 16.2. The van der Waals surface area contributed by atoms with Crippen LogP contribution in [0, 0.1) is 6.92 Å². The fraction of sp³-hybridized carbons (Fsp3) is 0.429. The molecule has 1 aromatic heterocycles. The van der Waals surface area contributed by atoms with Gasteiger partial charge in [-0.1, -0.05) is 56.0 Å². The number of benzene rings is 2. The number of carbonyl (C=O) groups is 1. The Balaban J connectivity index is 1.59. The molecule has 7 heteroatoms. The van der Waals surface area contributed by atoms with Crippen LogP contribution >= 0.6 is 0 Å². The van der Waals surface area contributed by atoms with Crippen LogP contribution in [-0.2, 0) is 0 Å². The van der Waals surface area contributed by atoms with Crippen LogP contribution in [0.1, 0.15) is 68.6 Å². The van der Waals surface area contributed by atoms with Crippen molar-refractivity contribution in [1.29, 1.82) is 0 Å². The molecule has 3 aromatic rings. The molecule has 0 radical (unpaired) electrons. The van der Waals surface area contributed by atoms with Crippen LogP contribution in [0.4, 0.5) is 11.5 Å². The number of anilines is 2. The molecule has 4 rings (SSSR count). The van der Waals surface area contributed by atoms with Crippen molar-refractivity contribution in [3.63, 3.8) is 0 Å². The molecule has 1 fully saturated rings. The van der Waals surface area contributed by atoms with Crippen LogP contribution in [0.15, 0.2) is 53.5 Å². The van der Waals surface area contributed by atoms with Gasteiger partial charge in [-0.15, -0.1) is 0 Å². The first-order chi connectivity index (χ1) is 17.0. The molecule has 184 valence electrons. The number of nitrogens with zero attached hydrogens (tertiary/aromatic N) is 3. The molecule has 3 N–H and O–H groups in total. The lowest BCUT2D eigenvalue weighted by atomic mass is 9.90. The molecular formula is C28H36N6O. The monoisotopic (exact) mass is 472 g/mol.